The normalized spacial score (nSPS) is 10.8. The van der Waals surface area contributed by atoms with E-state index in [1.54, 1.807) is 6.07 Å². The number of benzene rings is 2. The van der Waals surface area contributed by atoms with Crippen LogP contribution in [0.1, 0.15) is 34.2 Å². The molecule has 1 N–H and O–H groups in total. The highest BCUT2D eigenvalue weighted by molar-refractivity contribution is 5.98. The molecule has 0 saturated carbocycles. The number of carbonyl (C=O) groups is 2. The van der Waals surface area contributed by atoms with Gasteiger partial charge in [-0.15, -0.1) is 0 Å². The number of nitrogens with one attached hydrogen (secondary N) is 1. The summed E-state index contributed by atoms with van der Waals surface area (Å²) in [5, 5.41) is 3.58. The molecule has 0 aliphatic rings. The molecule has 0 saturated heterocycles. The SMILES string of the molecule is CCOCc1c(C(=O)OCC(=O)Nc2c(C)cccc2C)oc2ccccc12. The summed E-state index contributed by atoms with van der Waals surface area (Å²) in [6, 6.07) is 13.0. The zero-order valence-electron chi connectivity index (χ0n) is 16.2. The minimum absolute atomic E-state index is 0.0644. The van der Waals surface area contributed by atoms with Crippen molar-refractivity contribution in [2.75, 3.05) is 18.5 Å². The number of amides is 1. The van der Waals surface area contributed by atoms with Crippen LogP contribution in [0.2, 0.25) is 0 Å². The molecule has 0 unspecified atom stereocenters. The van der Waals surface area contributed by atoms with Gasteiger partial charge in [-0.2, -0.15) is 0 Å². The molecule has 1 aromatic heterocycles. The van der Waals surface area contributed by atoms with Gasteiger partial charge in [0.25, 0.3) is 5.91 Å². The van der Waals surface area contributed by atoms with Gasteiger partial charge in [-0.25, -0.2) is 4.79 Å². The lowest BCUT2D eigenvalue weighted by molar-refractivity contribution is -0.119. The maximum absolute atomic E-state index is 12.5. The molecule has 1 amide bonds. The van der Waals surface area contributed by atoms with Gasteiger partial charge < -0.3 is 19.2 Å². The van der Waals surface area contributed by atoms with Crippen molar-refractivity contribution in [3.8, 4) is 0 Å². The number of hydrogen-bond acceptors (Lipinski definition) is 5. The van der Waals surface area contributed by atoms with Crippen molar-refractivity contribution in [2.45, 2.75) is 27.4 Å². The van der Waals surface area contributed by atoms with Crippen LogP contribution in [0, 0.1) is 13.8 Å². The Hall–Kier alpha value is -3.12. The average Bonchev–Trinajstić information content (AvgIpc) is 3.06. The summed E-state index contributed by atoms with van der Waals surface area (Å²) >= 11 is 0. The fourth-order valence-electron chi connectivity index (χ4n) is 2.99. The Morgan fingerprint density at radius 1 is 1.04 bits per heavy atom. The largest absolute Gasteiger partial charge is 0.450 e. The second kappa shape index (κ2) is 8.71. The van der Waals surface area contributed by atoms with Gasteiger partial charge in [0.05, 0.1) is 6.61 Å². The molecule has 146 valence electrons. The molecular formula is C22H23NO5. The van der Waals surface area contributed by atoms with Crippen molar-refractivity contribution < 1.29 is 23.5 Å². The highest BCUT2D eigenvalue weighted by Gasteiger charge is 2.22. The van der Waals surface area contributed by atoms with Crippen LogP contribution in [0.15, 0.2) is 46.9 Å². The molecule has 1 heterocycles. The minimum atomic E-state index is -0.692. The van der Waals surface area contributed by atoms with E-state index in [2.05, 4.69) is 5.32 Å². The summed E-state index contributed by atoms with van der Waals surface area (Å²) in [5.74, 6) is -1.04. The van der Waals surface area contributed by atoms with Gasteiger partial charge >= 0.3 is 5.97 Å². The molecule has 6 heteroatoms. The molecule has 0 spiro atoms. The lowest BCUT2D eigenvalue weighted by Gasteiger charge is -2.11. The van der Waals surface area contributed by atoms with Crippen molar-refractivity contribution in [1.29, 1.82) is 0 Å². The van der Waals surface area contributed by atoms with Crippen LogP contribution in [0.25, 0.3) is 11.0 Å². The maximum Gasteiger partial charge on any atom is 0.375 e. The van der Waals surface area contributed by atoms with E-state index >= 15 is 0 Å². The Bertz CT molecular complexity index is 985. The Morgan fingerprint density at radius 2 is 1.75 bits per heavy atom. The minimum Gasteiger partial charge on any atom is -0.450 e. The number of para-hydroxylation sites is 2. The third kappa shape index (κ3) is 4.23. The third-order valence-corrected chi connectivity index (χ3v) is 4.41. The van der Waals surface area contributed by atoms with E-state index in [-0.39, 0.29) is 12.4 Å². The predicted octanol–water partition coefficient (Wildman–Crippen LogP) is 4.38. The van der Waals surface area contributed by atoms with Gasteiger partial charge in [-0.1, -0.05) is 36.4 Å². The summed E-state index contributed by atoms with van der Waals surface area (Å²) in [4.78, 5) is 24.8. The highest BCUT2D eigenvalue weighted by Crippen LogP contribution is 2.27. The molecule has 0 bridgehead atoms. The molecule has 0 aliphatic carbocycles. The number of anilines is 1. The number of carbonyl (C=O) groups excluding carboxylic acids is 2. The number of rotatable bonds is 7. The Balaban J connectivity index is 1.72. The van der Waals surface area contributed by atoms with Gasteiger partial charge in [0.2, 0.25) is 5.76 Å². The first-order valence-corrected chi connectivity index (χ1v) is 9.12. The number of aryl methyl sites for hydroxylation is 2. The summed E-state index contributed by atoms with van der Waals surface area (Å²) in [6.07, 6.45) is 0. The van der Waals surface area contributed by atoms with E-state index < -0.39 is 18.5 Å². The van der Waals surface area contributed by atoms with Crippen LogP contribution in [-0.2, 0) is 20.9 Å². The van der Waals surface area contributed by atoms with Gasteiger partial charge in [-0.3, -0.25) is 4.79 Å². The van der Waals surface area contributed by atoms with E-state index in [1.807, 2.05) is 57.2 Å². The van der Waals surface area contributed by atoms with Crippen molar-refractivity contribution in [3.63, 3.8) is 0 Å². The zero-order valence-corrected chi connectivity index (χ0v) is 16.2. The van der Waals surface area contributed by atoms with Crippen LogP contribution < -0.4 is 5.32 Å². The second-order valence-electron chi connectivity index (χ2n) is 6.43. The molecule has 0 fully saturated rings. The number of hydrogen-bond donors (Lipinski definition) is 1. The van der Waals surface area contributed by atoms with Crippen LogP contribution >= 0.6 is 0 Å². The molecule has 2 aromatic carbocycles. The molecule has 28 heavy (non-hydrogen) atoms. The van der Waals surface area contributed by atoms with E-state index in [0.29, 0.717) is 17.8 Å². The van der Waals surface area contributed by atoms with Gasteiger partial charge in [-0.05, 0) is 38.0 Å². The summed E-state index contributed by atoms with van der Waals surface area (Å²) in [7, 11) is 0. The zero-order chi connectivity index (χ0) is 20.1. The van der Waals surface area contributed by atoms with Crippen LogP contribution in [0.4, 0.5) is 5.69 Å². The van der Waals surface area contributed by atoms with Crippen LogP contribution in [0.3, 0.4) is 0 Å². The molecule has 0 atom stereocenters. The smallest absolute Gasteiger partial charge is 0.375 e. The van der Waals surface area contributed by atoms with Crippen molar-refractivity contribution in [3.05, 3.63) is 64.9 Å². The van der Waals surface area contributed by atoms with Crippen molar-refractivity contribution in [2.24, 2.45) is 0 Å². The first-order chi connectivity index (χ1) is 13.5. The number of fused-ring (bicyclic) bond motifs is 1. The van der Waals surface area contributed by atoms with E-state index in [0.717, 1.165) is 22.2 Å². The quantitative estimate of drug-likeness (QED) is 0.615. The van der Waals surface area contributed by atoms with Gasteiger partial charge in [0.15, 0.2) is 6.61 Å². The number of esters is 1. The molecule has 0 aliphatic heterocycles. The topological polar surface area (TPSA) is 77.8 Å². The molecular weight excluding hydrogens is 358 g/mol. The molecule has 3 aromatic rings. The fraction of sp³-hybridized carbons (Fsp3) is 0.273. The lowest BCUT2D eigenvalue weighted by Crippen LogP contribution is -2.22. The maximum atomic E-state index is 12.5. The monoisotopic (exact) mass is 381 g/mol. The molecule has 6 nitrogen and oxygen atoms in total. The molecule has 3 rings (SSSR count). The summed E-state index contributed by atoms with van der Waals surface area (Å²) < 4.78 is 16.3. The Morgan fingerprint density at radius 3 is 2.46 bits per heavy atom. The second-order valence-corrected chi connectivity index (χ2v) is 6.43. The first kappa shape index (κ1) is 19.6. The predicted molar refractivity (Wildman–Crippen MR) is 106 cm³/mol. The van der Waals surface area contributed by atoms with Crippen LogP contribution in [0.5, 0.6) is 0 Å². The van der Waals surface area contributed by atoms with Crippen LogP contribution in [-0.4, -0.2) is 25.1 Å². The van der Waals surface area contributed by atoms with Gasteiger partial charge in [0.1, 0.15) is 5.58 Å². The average molecular weight is 381 g/mol. The standard InChI is InChI=1S/C22H23NO5/c1-4-26-12-17-16-10-5-6-11-18(16)28-21(17)22(25)27-13-19(24)23-20-14(2)8-7-9-15(20)3/h5-11H,4,12-13H2,1-3H3,(H,23,24). The third-order valence-electron chi connectivity index (χ3n) is 4.41. The summed E-state index contributed by atoms with van der Waals surface area (Å²) in [5.41, 5.74) is 3.80. The molecule has 0 radical (unpaired) electrons. The van der Waals surface area contributed by atoms with E-state index in [1.165, 1.54) is 0 Å². The van der Waals surface area contributed by atoms with E-state index in [9.17, 15) is 9.59 Å². The number of ether oxygens (including phenoxy) is 2. The van der Waals surface area contributed by atoms with Crippen molar-refractivity contribution in [1.82, 2.24) is 0 Å². The van der Waals surface area contributed by atoms with Crippen molar-refractivity contribution >= 4 is 28.5 Å². The summed E-state index contributed by atoms with van der Waals surface area (Å²) in [6.45, 7) is 6.01. The number of furan rings is 1. The fourth-order valence-corrected chi connectivity index (χ4v) is 2.99. The Kier molecular flexibility index (Phi) is 6.11. The van der Waals surface area contributed by atoms with E-state index in [4.69, 9.17) is 13.9 Å². The Labute approximate surface area is 163 Å². The van der Waals surface area contributed by atoms with Gasteiger partial charge in [0, 0.05) is 23.2 Å². The first-order valence-electron chi connectivity index (χ1n) is 9.12. The lowest BCUT2D eigenvalue weighted by atomic mass is 10.1. The highest BCUT2D eigenvalue weighted by atomic mass is 16.5.